The van der Waals surface area contributed by atoms with E-state index in [1.807, 2.05) is 42.0 Å². The molecule has 0 aromatic heterocycles. The monoisotopic (exact) mass is 438 g/mol. The van der Waals surface area contributed by atoms with Crippen LogP contribution in [0, 0.1) is 0 Å². The SMILES string of the molecule is CN(C)S/C=C1\C[C@@H](Cc2ccc(-c3ccccc3)cc2)N(C(=O)OC(C)(C)C)C1=O. The Morgan fingerprint density at radius 3 is 2.29 bits per heavy atom. The van der Waals surface area contributed by atoms with Crippen LogP contribution in [-0.4, -0.2) is 46.9 Å². The predicted molar refractivity (Wildman–Crippen MR) is 126 cm³/mol. The number of amides is 2. The third-order valence-corrected chi connectivity index (χ3v) is 5.65. The van der Waals surface area contributed by atoms with Crippen LogP contribution in [0.3, 0.4) is 0 Å². The summed E-state index contributed by atoms with van der Waals surface area (Å²) in [6, 6.07) is 18.2. The molecule has 1 saturated heterocycles. The van der Waals surface area contributed by atoms with E-state index in [0.717, 1.165) is 16.7 Å². The average molecular weight is 439 g/mol. The van der Waals surface area contributed by atoms with Crippen LogP contribution in [0.25, 0.3) is 11.1 Å². The van der Waals surface area contributed by atoms with E-state index in [1.165, 1.54) is 16.8 Å². The summed E-state index contributed by atoms with van der Waals surface area (Å²) in [6.45, 7) is 5.42. The van der Waals surface area contributed by atoms with E-state index in [-0.39, 0.29) is 11.9 Å². The Kier molecular flexibility index (Phi) is 7.23. The zero-order valence-electron chi connectivity index (χ0n) is 18.8. The van der Waals surface area contributed by atoms with Crippen molar-refractivity contribution >= 4 is 23.9 Å². The predicted octanol–water partition coefficient (Wildman–Crippen LogP) is 5.53. The molecule has 1 fully saturated rings. The van der Waals surface area contributed by atoms with E-state index in [0.29, 0.717) is 18.4 Å². The second-order valence-electron chi connectivity index (χ2n) is 8.84. The van der Waals surface area contributed by atoms with E-state index >= 15 is 0 Å². The van der Waals surface area contributed by atoms with Crippen LogP contribution in [0.4, 0.5) is 4.79 Å². The molecule has 0 saturated carbocycles. The fraction of sp³-hybridized carbons (Fsp3) is 0.360. The van der Waals surface area contributed by atoms with Crippen molar-refractivity contribution in [2.24, 2.45) is 0 Å². The van der Waals surface area contributed by atoms with E-state index in [4.69, 9.17) is 4.74 Å². The largest absolute Gasteiger partial charge is 0.443 e. The van der Waals surface area contributed by atoms with Gasteiger partial charge in [-0.1, -0.05) is 66.5 Å². The first-order chi connectivity index (χ1) is 14.6. The summed E-state index contributed by atoms with van der Waals surface area (Å²) in [5.74, 6) is -0.269. The molecule has 6 heteroatoms. The number of carbonyl (C=O) groups excluding carboxylic acids is 2. The lowest BCUT2D eigenvalue weighted by Crippen LogP contribution is -2.43. The van der Waals surface area contributed by atoms with Crippen LogP contribution >= 0.6 is 11.9 Å². The molecule has 1 heterocycles. The lowest BCUT2D eigenvalue weighted by atomic mass is 9.99. The zero-order chi connectivity index (χ0) is 22.6. The average Bonchev–Trinajstić information content (AvgIpc) is 3.01. The number of ether oxygens (including phenoxy) is 1. The van der Waals surface area contributed by atoms with Gasteiger partial charge < -0.3 is 4.74 Å². The maximum absolute atomic E-state index is 13.0. The van der Waals surface area contributed by atoms with E-state index in [9.17, 15) is 9.59 Å². The minimum Gasteiger partial charge on any atom is -0.443 e. The number of rotatable bonds is 5. The van der Waals surface area contributed by atoms with Gasteiger partial charge in [0.25, 0.3) is 5.91 Å². The molecule has 5 nitrogen and oxygen atoms in total. The van der Waals surface area contributed by atoms with Crippen LogP contribution < -0.4 is 0 Å². The minimum atomic E-state index is -0.663. The lowest BCUT2D eigenvalue weighted by molar-refractivity contribution is -0.125. The summed E-state index contributed by atoms with van der Waals surface area (Å²) >= 11 is 1.44. The number of likely N-dealkylation sites (tertiary alicyclic amines) is 1. The van der Waals surface area contributed by atoms with Gasteiger partial charge in [-0.05, 0) is 69.8 Å². The van der Waals surface area contributed by atoms with Gasteiger partial charge in [-0.3, -0.25) is 9.10 Å². The molecule has 164 valence electrons. The molecule has 31 heavy (non-hydrogen) atoms. The zero-order valence-corrected chi connectivity index (χ0v) is 19.6. The molecule has 2 amide bonds. The first kappa shape index (κ1) is 23.1. The highest BCUT2D eigenvalue weighted by Gasteiger charge is 2.41. The van der Waals surface area contributed by atoms with Gasteiger partial charge in [0.1, 0.15) is 5.60 Å². The molecular weight excluding hydrogens is 408 g/mol. The fourth-order valence-electron chi connectivity index (χ4n) is 3.46. The van der Waals surface area contributed by atoms with Gasteiger partial charge in [-0.2, -0.15) is 0 Å². The first-order valence-electron chi connectivity index (χ1n) is 10.4. The van der Waals surface area contributed by atoms with Gasteiger partial charge in [0.15, 0.2) is 0 Å². The minimum absolute atomic E-state index is 0.265. The quantitative estimate of drug-likeness (QED) is 0.454. The summed E-state index contributed by atoms with van der Waals surface area (Å²) in [7, 11) is 3.83. The van der Waals surface area contributed by atoms with Gasteiger partial charge in [0, 0.05) is 5.57 Å². The molecule has 3 rings (SSSR count). The van der Waals surface area contributed by atoms with Gasteiger partial charge in [0.05, 0.1) is 6.04 Å². The number of hydrogen-bond acceptors (Lipinski definition) is 5. The molecule has 2 aromatic rings. The summed E-state index contributed by atoms with van der Waals surface area (Å²) in [5, 5.41) is 1.83. The summed E-state index contributed by atoms with van der Waals surface area (Å²) in [6.07, 6.45) is 0.519. The maximum atomic E-state index is 13.0. The number of nitrogens with zero attached hydrogens (tertiary/aromatic N) is 2. The standard InChI is InChI=1S/C25H30N2O3S/c1-25(2,3)30-24(29)27-22(16-21(23(27)28)17-31-26(4)5)15-18-11-13-20(14-12-18)19-9-7-6-8-10-19/h6-14,17,22H,15-16H2,1-5H3/b21-17+/t22-/m1/s1. The molecule has 1 atom stereocenters. The number of imide groups is 1. The Morgan fingerprint density at radius 1 is 1.10 bits per heavy atom. The van der Waals surface area contributed by atoms with E-state index in [2.05, 4.69) is 36.4 Å². The van der Waals surface area contributed by atoms with Crippen LogP contribution in [0.1, 0.15) is 32.8 Å². The molecule has 0 spiro atoms. The van der Waals surface area contributed by atoms with Crippen molar-refractivity contribution < 1.29 is 14.3 Å². The topological polar surface area (TPSA) is 49.9 Å². The number of benzene rings is 2. The summed E-state index contributed by atoms with van der Waals surface area (Å²) in [4.78, 5) is 27.1. The molecular formula is C25H30N2O3S. The molecule has 0 bridgehead atoms. The highest BCUT2D eigenvalue weighted by atomic mass is 32.2. The highest BCUT2D eigenvalue weighted by molar-refractivity contribution is 7.99. The summed E-state index contributed by atoms with van der Waals surface area (Å²) < 4.78 is 7.44. The Balaban J connectivity index is 1.81. The van der Waals surface area contributed by atoms with E-state index < -0.39 is 11.7 Å². The van der Waals surface area contributed by atoms with Crippen LogP contribution in [0.15, 0.2) is 65.6 Å². The Hall–Kier alpha value is -2.57. The first-order valence-corrected chi connectivity index (χ1v) is 11.2. The second kappa shape index (κ2) is 9.71. The molecule has 0 N–H and O–H groups in total. The second-order valence-corrected chi connectivity index (χ2v) is 10.0. The highest BCUT2D eigenvalue weighted by Crippen LogP contribution is 2.31. The Labute approximate surface area is 189 Å². The molecule has 2 aromatic carbocycles. The van der Waals surface area contributed by atoms with Crippen molar-refractivity contribution in [3.8, 4) is 11.1 Å². The third kappa shape index (κ3) is 6.21. The molecule has 0 aliphatic carbocycles. The van der Waals surface area contributed by atoms with E-state index in [1.54, 1.807) is 20.8 Å². The molecule has 1 aliphatic rings. The van der Waals surface area contributed by atoms with Crippen molar-refractivity contribution in [1.82, 2.24) is 9.21 Å². The fourth-order valence-corrected chi connectivity index (χ4v) is 4.00. The van der Waals surface area contributed by atoms with Crippen molar-refractivity contribution in [3.63, 3.8) is 0 Å². The van der Waals surface area contributed by atoms with Crippen molar-refractivity contribution in [1.29, 1.82) is 0 Å². The third-order valence-electron chi connectivity index (χ3n) is 4.84. The van der Waals surface area contributed by atoms with Crippen LogP contribution in [0.2, 0.25) is 0 Å². The van der Waals surface area contributed by atoms with Gasteiger partial charge in [-0.25, -0.2) is 9.69 Å². The van der Waals surface area contributed by atoms with Gasteiger partial charge in [0.2, 0.25) is 0 Å². The van der Waals surface area contributed by atoms with Gasteiger partial charge in [-0.15, -0.1) is 0 Å². The normalized spacial score (nSPS) is 18.1. The Morgan fingerprint density at radius 2 is 1.71 bits per heavy atom. The molecule has 1 aliphatic heterocycles. The maximum Gasteiger partial charge on any atom is 0.417 e. The number of carbonyl (C=O) groups is 2. The molecule has 0 unspecified atom stereocenters. The smallest absolute Gasteiger partial charge is 0.417 e. The van der Waals surface area contributed by atoms with Gasteiger partial charge >= 0.3 is 6.09 Å². The van der Waals surface area contributed by atoms with Crippen LogP contribution in [0.5, 0.6) is 0 Å². The molecule has 0 radical (unpaired) electrons. The summed E-state index contributed by atoms with van der Waals surface area (Å²) in [5.41, 5.74) is 3.35. The lowest BCUT2D eigenvalue weighted by Gasteiger charge is -2.27. The van der Waals surface area contributed by atoms with Crippen molar-refractivity contribution in [2.45, 2.75) is 45.3 Å². The van der Waals surface area contributed by atoms with Crippen molar-refractivity contribution in [3.05, 3.63) is 71.1 Å². The Bertz CT molecular complexity index is 947. The number of hydrogen-bond donors (Lipinski definition) is 0. The van der Waals surface area contributed by atoms with Crippen molar-refractivity contribution in [2.75, 3.05) is 14.1 Å². The van der Waals surface area contributed by atoms with Crippen LogP contribution in [-0.2, 0) is 16.0 Å².